The van der Waals surface area contributed by atoms with E-state index in [4.69, 9.17) is 0 Å². The van der Waals surface area contributed by atoms with E-state index in [1.165, 1.54) is 12.1 Å². The molecule has 2 rings (SSSR count). The SMILES string of the molecule is CCNC(Cc1ccncc1)C1CN(C)CCN1C. The maximum Gasteiger partial charge on any atom is 0.0377 e. The highest BCUT2D eigenvalue weighted by Gasteiger charge is 2.29. The topological polar surface area (TPSA) is 31.4 Å². The first-order valence-corrected chi connectivity index (χ1v) is 7.21. The van der Waals surface area contributed by atoms with Crippen LogP contribution in [0.4, 0.5) is 0 Å². The van der Waals surface area contributed by atoms with E-state index in [-0.39, 0.29) is 0 Å². The van der Waals surface area contributed by atoms with Gasteiger partial charge in [0.25, 0.3) is 0 Å². The first-order valence-electron chi connectivity index (χ1n) is 7.21. The summed E-state index contributed by atoms with van der Waals surface area (Å²) in [6, 6.07) is 5.32. The minimum absolute atomic E-state index is 0.500. The monoisotopic (exact) mass is 262 g/mol. The van der Waals surface area contributed by atoms with E-state index in [0.717, 1.165) is 26.1 Å². The lowest BCUT2D eigenvalue weighted by Gasteiger charge is -2.42. The number of likely N-dealkylation sites (N-methyl/N-ethyl adjacent to an activating group) is 3. The quantitative estimate of drug-likeness (QED) is 0.852. The fraction of sp³-hybridized carbons (Fsp3) is 0.667. The molecule has 1 saturated heterocycles. The molecule has 2 unspecified atom stereocenters. The molecule has 0 amide bonds. The van der Waals surface area contributed by atoms with Crippen LogP contribution in [0.15, 0.2) is 24.5 Å². The van der Waals surface area contributed by atoms with Crippen molar-refractivity contribution in [2.24, 2.45) is 0 Å². The summed E-state index contributed by atoms with van der Waals surface area (Å²) in [4.78, 5) is 9.03. The number of hydrogen-bond acceptors (Lipinski definition) is 4. The van der Waals surface area contributed by atoms with E-state index >= 15 is 0 Å². The molecule has 0 radical (unpaired) electrons. The van der Waals surface area contributed by atoms with Crippen molar-refractivity contribution < 1.29 is 0 Å². The molecular formula is C15H26N4. The molecule has 4 heteroatoms. The second-order valence-electron chi connectivity index (χ2n) is 5.53. The summed E-state index contributed by atoms with van der Waals surface area (Å²) in [7, 11) is 4.46. The minimum Gasteiger partial charge on any atom is -0.312 e. The van der Waals surface area contributed by atoms with Crippen molar-refractivity contribution in [1.82, 2.24) is 20.1 Å². The van der Waals surface area contributed by atoms with Crippen LogP contribution in [0, 0.1) is 0 Å². The van der Waals surface area contributed by atoms with Crippen molar-refractivity contribution in [2.45, 2.75) is 25.4 Å². The fourth-order valence-corrected chi connectivity index (χ4v) is 2.86. The van der Waals surface area contributed by atoms with E-state index in [1.54, 1.807) is 0 Å². The molecule has 1 N–H and O–H groups in total. The van der Waals surface area contributed by atoms with Gasteiger partial charge in [-0.15, -0.1) is 0 Å². The van der Waals surface area contributed by atoms with Gasteiger partial charge in [0.05, 0.1) is 0 Å². The highest BCUT2D eigenvalue weighted by atomic mass is 15.3. The third-order valence-electron chi connectivity index (χ3n) is 4.04. The normalized spacial score (nSPS) is 23.4. The van der Waals surface area contributed by atoms with Crippen LogP contribution in [-0.4, -0.2) is 67.1 Å². The van der Waals surface area contributed by atoms with Gasteiger partial charge >= 0.3 is 0 Å². The first kappa shape index (κ1) is 14.4. The van der Waals surface area contributed by atoms with Crippen LogP contribution >= 0.6 is 0 Å². The second-order valence-corrected chi connectivity index (χ2v) is 5.53. The Morgan fingerprint density at radius 3 is 2.74 bits per heavy atom. The predicted octanol–water partition coefficient (Wildman–Crippen LogP) is 0.848. The molecule has 2 heterocycles. The Morgan fingerprint density at radius 2 is 2.05 bits per heavy atom. The molecule has 1 fully saturated rings. The van der Waals surface area contributed by atoms with Crippen LogP contribution in [0.5, 0.6) is 0 Å². The largest absolute Gasteiger partial charge is 0.312 e. The van der Waals surface area contributed by atoms with Gasteiger partial charge in [-0.25, -0.2) is 0 Å². The molecule has 1 aliphatic rings. The lowest BCUT2D eigenvalue weighted by atomic mass is 9.97. The van der Waals surface area contributed by atoms with E-state index in [9.17, 15) is 0 Å². The van der Waals surface area contributed by atoms with Crippen molar-refractivity contribution in [2.75, 3.05) is 40.3 Å². The lowest BCUT2D eigenvalue weighted by Crippen LogP contribution is -2.59. The molecule has 106 valence electrons. The van der Waals surface area contributed by atoms with Crippen LogP contribution in [0.2, 0.25) is 0 Å². The van der Waals surface area contributed by atoms with E-state index in [2.05, 4.69) is 53.3 Å². The Kier molecular flexibility index (Phi) is 5.31. The van der Waals surface area contributed by atoms with Crippen LogP contribution in [0.3, 0.4) is 0 Å². The van der Waals surface area contributed by atoms with Gasteiger partial charge < -0.3 is 10.2 Å². The van der Waals surface area contributed by atoms with Crippen molar-refractivity contribution in [3.05, 3.63) is 30.1 Å². The average molecular weight is 262 g/mol. The van der Waals surface area contributed by atoms with Gasteiger partial charge in [0, 0.05) is 44.1 Å². The van der Waals surface area contributed by atoms with Crippen molar-refractivity contribution in [1.29, 1.82) is 0 Å². The van der Waals surface area contributed by atoms with E-state index in [1.807, 2.05) is 12.4 Å². The van der Waals surface area contributed by atoms with Gasteiger partial charge in [-0.1, -0.05) is 6.92 Å². The molecule has 0 spiro atoms. The number of hydrogen-bond donors (Lipinski definition) is 1. The standard InChI is InChI=1S/C15H26N4/c1-4-17-14(11-13-5-7-16-8-6-13)15-12-18(2)9-10-19(15)3/h5-8,14-15,17H,4,9-12H2,1-3H3. The molecule has 1 aromatic heterocycles. The summed E-state index contributed by atoms with van der Waals surface area (Å²) in [5, 5.41) is 3.66. The molecular weight excluding hydrogens is 236 g/mol. The van der Waals surface area contributed by atoms with Crippen LogP contribution in [-0.2, 0) is 6.42 Å². The van der Waals surface area contributed by atoms with Crippen molar-refractivity contribution in [3.63, 3.8) is 0 Å². The number of piperazine rings is 1. The van der Waals surface area contributed by atoms with Gasteiger partial charge in [-0.3, -0.25) is 9.88 Å². The Hall–Kier alpha value is -0.970. The summed E-state index contributed by atoms with van der Waals surface area (Å²) >= 11 is 0. The smallest absolute Gasteiger partial charge is 0.0377 e. The maximum absolute atomic E-state index is 4.10. The Bertz CT molecular complexity index is 368. The summed E-state index contributed by atoms with van der Waals surface area (Å²) < 4.78 is 0. The van der Waals surface area contributed by atoms with Gasteiger partial charge in [-0.2, -0.15) is 0 Å². The Balaban J connectivity index is 2.06. The summed E-state index contributed by atoms with van der Waals surface area (Å²) in [5.74, 6) is 0. The van der Waals surface area contributed by atoms with Crippen LogP contribution < -0.4 is 5.32 Å². The highest BCUT2D eigenvalue weighted by Crippen LogP contribution is 2.14. The second kappa shape index (κ2) is 6.98. The number of nitrogens with zero attached hydrogens (tertiary/aromatic N) is 3. The molecule has 2 atom stereocenters. The van der Waals surface area contributed by atoms with Crippen molar-refractivity contribution >= 4 is 0 Å². The van der Waals surface area contributed by atoms with Gasteiger partial charge in [-0.05, 0) is 44.8 Å². The summed E-state index contributed by atoms with van der Waals surface area (Å²) in [5.41, 5.74) is 1.36. The zero-order valence-corrected chi connectivity index (χ0v) is 12.3. The van der Waals surface area contributed by atoms with Crippen LogP contribution in [0.1, 0.15) is 12.5 Å². The minimum atomic E-state index is 0.500. The molecule has 1 aliphatic heterocycles. The third kappa shape index (κ3) is 4.00. The zero-order chi connectivity index (χ0) is 13.7. The molecule has 19 heavy (non-hydrogen) atoms. The molecule has 1 aromatic rings. The van der Waals surface area contributed by atoms with Crippen LogP contribution in [0.25, 0.3) is 0 Å². The maximum atomic E-state index is 4.10. The molecule has 4 nitrogen and oxygen atoms in total. The number of pyridine rings is 1. The number of rotatable bonds is 5. The Morgan fingerprint density at radius 1 is 1.32 bits per heavy atom. The highest BCUT2D eigenvalue weighted by molar-refractivity contribution is 5.12. The predicted molar refractivity (Wildman–Crippen MR) is 79.3 cm³/mol. The third-order valence-corrected chi connectivity index (χ3v) is 4.04. The van der Waals surface area contributed by atoms with Gasteiger partial charge in [0.15, 0.2) is 0 Å². The number of aromatic nitrogens is 1. The van der Waals surface area contributed by atoms with Crippen molar-refractivity contribution in [3.8, 4) is 0 Å². The number of nitrogens with one attached hydrogen (secondary N) is 1. The summed E-state index contributed by atoms with van der Waals surface area (Å²) in [6.07, 6.45) is 4.84. The van der Waals surface area contributed by atoms with E-state index in [0.29, 0.717) is 12.1 Å². The molecule has 0 saturated carbocycles. The Labute approximate surface area is 116 Å². The first-order chi connectivity index (χ1) is 9.20. The lowest BCUT2D eigenvalue weighted by molar-refractivity contribution is 0.0881. The van der Waals surface area contributed by atoms with E-state index < -0.39 is 0 Å². The molecule has 0 aliphatic carbocycles. The summed E-state index contributed by atoms with van der Waals surface area (Å²) in [6.45, 7) is 6.66. The average Bonchev–Trinajstić information content (AvgIpc) is 2.42. The molecule has 0 aromatic carbocycles. The van der Waals surface area contributed by atoms with Gasteiger partial charge in [0.2, 0.25) is 0 Å². The molecule has 0 bridgehead atoms. The van der Waals surface area contributed by atoms with Gasteiger partial charge in [0.1, 0.15) is 0 Å². The fourth-order valence-electron chi connectivity index (χ4n) is 2.86. The zero-order valence-electron chi connectivity index (χ0n) is 12.3.